The van der Waals surface area contributed by atoms with Gasteiger partial charge in [-0.2, -0.15) is 0 Å². The van der Waals surface area contributed by atoms with Crippen LogP contribution in [0, 0.1) is 11.8 Å². The molecule has 1 aromatic rings. The Balaban J connectivity index is 1.39. The Morgan fingerprint density at radius 1 is 0.962 bits per heavy atom. The van der Waals surface area contributed by atoms with Crippen LogP contribution in [-0.2, 0) is 16.1 Å². The summed E-state index contributed by atoms with van der Waals surface area (Å²) >= 11 is 0. The van der Waals surface area contributed by atoms with Gasteiger partial charge in [-0.25, -0.2) is 0 Å². The number of likely N-dealkylation sites (tertiary alicyclic amines) is 2. The third kappa shape index (κ3) is 3.38. The highest BCUT2D eigenvalue weighted by Crippen LogP contribution is 2.27. The first kappa shape index (κ1) is 17.2. The van der Waals surface area contributed by atoms with E-state index in [-0.39, 0.29) is 17.7 Å². The zero-order chi connectivity index (χ0) is 18.1. The summed E-state index contributed by atoms with van der Waals surface area (Å²) in [5.74, 6) is 1.26. The smallest absolute Gasteiger partial charge is 0.253 e. The van der Waals surface area contributed by atoms with Crippen LogP contribution in [0.1, 0.15) is 41.6 Å². The van der Waals surface area contributed by atoms with Gasteiger partial charge in [0.05, 0.1) is 6.54 Å². The van der Waals surface area contributed by atoms with E-state index in [0.29, 0.717) is 36.8 Å². The van der Waals surface area contributed by atoms with Crippen molar-refractivity contribution in [3.63, 3.8) is 0 Å². The van der Waals surface area contributed by atoms with Crippen LogP contribution in [0.25, 0.3) is 0 Å². The number of nitrogens with one attached hydrogen (secondary N) is 1. The molecule has 3 fully saturated rings. The van der Waals surface area contributed by atoms with E-state index in [2.05, 4.69) is 5.32 Å². The molecule has 3 aliphatic rings. The monoisotopic (exact) mass is 355 g/mol. The molecule has 0 unspecified atom stereocenters. The second-order valence-electron chi connectivity index (χ2n) is 7.62. The molecule has 1 N–H and O–H groups in total. The van der Waals surface area contributed by atoms with Crippen LogP contribution in [0.3, 0.4) is 0 Å². The maximum absolute atomic E-state index is 12.8. The number of benzene rings is 1. The van der Waals surface area contributed by atoms with E-state index < -0.39 is 0 Å². The van der Waals surface area contributed by atoms with Crippen molar-refractivity contribution in [3.8, 4) is 0 Å². The molecule has 0 aromatic heterocycles. The van der Waals surface area contributed by atoms with Crippen LogP contribution in [0.4, 0.5) is 0 Å². The lowest BCUT2D eigenvalue weighted by Gasteiger charge is -2.21. The third-order valence-electron chi connectivity index (χ3n) is 6.00. The summed E-state index contributed by atoms with van der Waals surface area (Å²) in [5, 5.41) is 3.45. The quantitative estimate of drug-likeness (QED) is 0.833. The summed E-state index contributed by atoms with van der Waals surface area (Å²) < 4.78 is 0. The summed E-state index contributed by atoms with van der Waals surface area (Å²) in [6.45, 7) is 4.09. The minimum atomic E-state index is -0.111. The Hall–Kier alpha value is -2.21. The molecule has 3 saturated heterocycles. The molecule has 6 nitrogen and oxygen atoms in total. The molecular formula is C20H25N3O3. The van der Waals surface area contributed by atoms with Crippen molar-refractivity contribution in [3.05, 3.63) is 35.4 Å². The highest BCUT2D eigenvalue weighted by molar-refractivity contribution is 6.01. The van der Waals surface area contributed by atoms with Gasteiger partial charge in [-0.1, -0.05) is 12.1 Å². The van der Waals surface area contributed by atoms with Gasteiger partial charge in [-0.15, -0.1) is 0 Å². The zero-order valence-electron chi connectivity index (χ0n) is 14.9. The molecule has 0 bridgehead atoms. The van der Waals surface area contributed by atoms with Gasteiger partial charge in [-0.3, -0.25) is 19.3 Å². The first-order chi connectivity index (χ1) is 12.6. The van der Waals surface area contributed by atoms with E-state index in [1.807, 2.05) is 29.2 Å². The van der Waals surface area contributed by atoms with Crippen LogP contribution in [0.5, 0.6) is 0 Å². The lowest BCUT2D eigenvalue weighted by Crippen LogP contribution is -2.32. The molecule has 1 aromatic carbocycles. The number of hydrogen-bond acceptors (Lipinski definition) is 4. The second-order valence-corrected chi connectivity index (χ2v) is 7.62. The predicted molar refractivity (Wildman–Crippen MR) is 96.2 cm³/mol. The summed E-state index contributed by atoms with van der Waals surface area (Å²) in [7, 11) is 0. The van der Waals surface area contributed by atoms with E-state index in [1.54, 1.807) is 0 Å². The number of hydrogen-bond donors (Lipinski definition) is 1. The predicted octanol–water partition coefficient (Wildman–Crippen LogP) is 1.41. The highest BCUT2D eigenvalue weighted by atomic mass is 16.2. The average Bonchev–Trinajstić information content (AvgIpc) is 3.17. The maximum atomic E-state index is 12.8. The number of rotatable bonds is 3. The molecule has 138 valence electrons. The van der Waals surface area contributed by atoms with E-state index in [0.717, 1.165) is 44.6 Å². The molecule has 2 atom stereocenters. The lowest BCUT2D eigenvalue weighted by molar-refractivity contribution is -0.139. The van der Waals surface area contributed by atoms with Crippen molar-refractivity contribution in [2.75, 3.05) is 26.2 Å². The molecule has 3 amide bonds. The summed E-state index contributed by atoms with van der Waals surface area (Å²) in [4.78, 5) is 39.6. The fourth-order valence-corrected chi connectivity index (χ4v) is 4.34. The minimum absolute atomic E-state index is 0.0813. The molecule has 3 heterocycles. The first-order valence-corrected chi connectivity index (χ1v) is 9.54. The van der Waals surface area contributed by atoms with Gasteiger partial charge >= 0.3 is 0 Å². The van der Waals surface area contributed by atoms with E-state index in [9.17, 15) is 14.4 Å². The van der Waals surface area contributed by atoms with Gasteiger partial charge in [0.15, 0.2) is 0 Å². The van der Waals surface area contributed by atoms with Crippen LogP contribution in [0.15, 0.2) is 24.3 Å². The maximum Gasteiger partial charge on any atom is 0.253 e. The van der Waals surface area contributed by atoms with Crippen LogP contribution < -0.4 is 5.32 Å². The molecule has 0 saturated carbocycles. The van der Waals surface area contributed by atoms with Crippen molar-refractivity contribution in [1.82, 2.24) is 15.1 Å². The number of imide groups is 1. The highest BCUT2D eigenvalue weighted by Gasteiger charge is 2.32. The molecule has 6 heteroatoms. The van der Waals surface area contributed by atoms with Gasteiger partial charge in [0.1, 0.15) is 0 Å². The summed E-state index contributed by atoms with van der Waals surface area (Å²) in [6.07, 6.45) is 2.76. The topological polar surface area (TPSA) is 69.7 Å². The Morgan fingerprint density at radius 2 is 1.54 bits per heavy atom. The van der Waals surface area contributed by atoms with Crippen molar-refractivity contribution < 1.29 is 14.4 Å². The second kappa shape index (κ2) is 7.19. The van der Waals surface area contributed by atoms with E-state index in [4.69, 9.17) is 0 Å². The standard InChI is InChI=1S/C20H25N3O3/c24-18-5-6-19(25)23(18)13-14-1-3-15(4-2-14)20(26)22-9-7-16-11-21-12-17(16)8-10-22/h1-4,16-17,21H,5-13H2/t16-,17+. The average molecular weight is 355 g/mol. The fraction of sp³-hybridized carbons (Fsp3) is 0.550. The van der Waals surface area contributed by atoms with E-state index >= 15 is 0 Å². The van der Waals surface area contributed by atoms with Gasteiger partial charge in [0.2, 0.25) is 11.8 Å². The fourth-order valence-electron chi connectivity index (χ4n) is 4.34. The van der Waals surface area contributed by atoms with Crippen LogP contribution in [-0.4, -0.2) is 53.7 Å². The van der Waals surface area contributed by atoms with Gasteiger partial charge in [-0.05, 0) is 55.5 Å². The molecule has 0 spiro atoms. The minimum Gasteiger partial charge on any atom is -0.339 e. The largest absolute Gasteiger partial charge is 0.339 e. The Labute approximate surface area is 153 Å². The normalized spacial score (nSPS) is 26.2. The summed E-state index contributed by atoms with van der Waals surface area (Å²) in [6, 6.07) is 7.33. The van der Waals surface area contributed by atoms with Crippen LogP contribution in [0.2, 0.25) is 0 Å². The lowest BCUT2D eigenvalue weighted by atomic mass is 9.92. The zero-order valence-corrected chi connectivity index (χ0v) is 14.9. The Morgan fingerprint density at radius 3 is 2.12 bits per heavy atom. The van der Waals surface area contributed by atoms with Gasteiger partial charge in [0.25, 0.3) is 5.91 Å². The van der Waals surface area contributed by atoms with Crippen molar-refractivity contribution in [2.45, 2.75) is 32.2 Å². The Kier molecular flexibility index (Phi) is 4.76. The van der Waals surface area contributed by atoms with Crippen molar-refractivity contribution >= 4 is 17.7 Å². The number of carbonyl (C=O) groups is 3. The number of carbonyl (C=O) groups excluding carboxylic acids is 3. The Bertz CT molecular complexity index is 686. The third-order valence-corrected chi connectivity index (χ3v) is 6.00. The van der Waals surface area contributed by atoms with E-state index in [1.165, 1.54) is 4.90 Å². The molecule has 0 radical (unpaired) electrons. The molecular weight excluding hydrogens is 330 g/mol. The number of fused-ring (bicyclic) bond motifs is 1. The first-order valence-electron chi connectivity index (χ1n) is 9.54. The molecule has 0 aliphatic carbocycles. The van der Waals surface area contributed by atoms with Crippen molar-refractivity contribution in [2.24, 2.45) is 11.8 Å². The molecule has 3 aliphatic heterocycles. The molecule has 4 rings (SSSR count). The molecule has 26 heavy (non-hydrogen) atoms. The van der Waals surface area contributed by atoms with Gasteiger partial charge in [0, 0.05) is 31.5 Å². The summed E-state index contributed by atoms with van der Waals surface area (Å²) in [5.41, 5.74) is 1.56. The number of nitrogens with zero attached hydrogens (tertiary/aromatic N) is 2. The van der Waals surface area contributed by atoms with Crippen LogP contribution >= 0.6 is 0 Å². The SMILES string of the molecule is O=C(c1ccc(CN2C(=O)CCC2=O)cc1)N1CC[C@@H]2CNC[C@@H]2CC1. The van der Waals surface area contributed by atoms with Crippen molar-refractivity contribution in [1.29, 1.82) is 0 Å². The van der Waals surface area contributed by atoms with Gasteiger partial charge < -0.3 is 10.2 Å². The number of amides is 3.